The third kappa shape index (κ3) is 4.20. The molecule has 25 heavy (non-hydrogen) atoms. The number of thiazole rings is 1. The van der Waals surface area contributed by atoms with Gasteiger partial charge in [0.15, 0.2) is 5.13 Å². The van der Waals surface area contributed by atoms with E-state index in [0.717, 1.165) is 12.1 Å². The highest BCUT2D eigenvalue weighted by molar-refractivity contribution is 7.13. The second-order valence-corrected chi connectivity index (χ2v) is 6.25. The number of nitrogens with zero attached hydrogens (tertiary/aromatic N) is 1. The first-order chi connectivity index (χ1) is 12.0. The average Bonchev–Trinajstić information content (AvgIpc) is 3.08. The summed E-state index contributed by atoms with van der Waals surface area (Å²) in [5, 5.41) is 7.60. The van der Waals surface area contributed by atoms with Crippen LogP contribution in [-0.4, -0.2) is 16.8 Å². The molecule has 0 unspecified atom stereocenters. The van der Waals surface area contributed by atoms with Crippen LogP contribution in [0.3, 0.4) is 0 Å². The van der Waals surface area contributed by atoms with Gasteiger partial charge < -0.3 is 5.32 Å². The van der Waals surface area contributed by atoms with Crippen molar-refractivity contribution in [3.63, 3.8) is 0 Å². The Hall–Kier alpha value is -2.77. The third-order valence-electron chi connectivity index (χ3n) is 3.23. The summed E-state index contributed by atoms with van der Waals surface area (Å²) < 4.78 is 13.0. The molecule has 8 heteroatoms. The molecule has 0 fully saturated rings. The van der Waals surface area contributed by atoms with Crippen LogP contribution in [0.25, 0.3) is 0 Å². The molecule has 3 aromatic rings. The fourth-order valence-corrected chi connectivity index (χ4v) is 2.81. The molecule has 0 radical (unpaired) electrons. The van der Waals surface area contributed by atoms with E-state index >= 15 is 0 Å². The summed E-state index contributed by atoms with van der Waals surface area (Å²) in [6.45, 7) is 0. The Bertz CT molecular complexity index is 914. The zero-order chi connectivity index (χ0) is 17.8. The van der Waals surface area contributed by atoms with Gasteiger partial charge in [0, 0.05) is 22.8 Å². The van der Waals surface area contributed by atoms with E-state index in [1.807, 2.05) is 0 Å². The molecule has 2 N–H and O–H groups in total. The molecule has 0 aliphatic carbocycles. The molecule has 0 bridgehead atoms. The lowest BCUT2D eigenvalue weighted by Crippen LogP contribution is -2.14. The molecule has 1 aromatic heterocycles. The number of amides is 2. The fraction of sp³-hybridized carbons (Fsp3) is 0. The summed E-state index contributed by atoms with van der Waals surface area (Å²) >= 11 is 7.18. The number of aromatic nitrogens is 1. The van der Waals surface area contributed by atoms with Crippen molar-refractivity contribution < 1.29 is 14.0 Å². The van der Waals surface area contributed by atoms with Crippen LogP contribution in [0.1, 0.15) is 20.7 Å². The fourth-order valence-electron chi connectivity index (χ4n) is 2.03. The first-order valence-electron chi connectivity index (χ1n) is 7.10. The number of anilines is 2. The second-order valence-electron chi connectivity index (χ2n) is 4.95. The molecule has 0 spiro atoms. The minimum Gasteiger partial charge on any atom is -0.322 e. The number of halogens is 2. The van der Waals surface area contributed by atoms with Crippen LogP contribution in [-0.2, 0) is 0 Å². The monoisotopic (exact) mass is 375 g/mol. The Morgan fingerprint density at radius 2 is 1.80 bits per heavy atom. The van der Waals surface area contributed by atoms with Crippen molar-refractivity contribution in [2.75, 3.05) is 10.6 Å². The largest absolute Gasteiger partial charge is 0.322 e. The highest BCUT2D eigenvalue weighted by Crippen LogP contribution is 2.19. The zero-order valence-corrected chi connectivity index (χ0v) is 14.2. The van der Waals surface area contributed by atoms with Crippen molar-refractivity contribution in [1.29, 1.82) is 0 Å². The third-order valence-corrected chi connectivity index (χ3v) is 4.23. The molecule has 1 heterocycles. The van der Waals surface area contributed by atoms with Crippen LogP contribution in [0.5, 0.6) is 0 Å². The van der Waals surface area contributed by atoms with E-state index in [9.17, 15) is 14.0 Å². The number of hydrogen-bond acceptors (Lipinski definition) is 4. The Kier molecular flexibility index (Phi) is 5.06. The smallest absolute Gasteiger partial charge is 0.257 e. The van der Waals surface area contributed by atoms with E-state index in [0.29, 0.717) is 16.4 Å². The van der Waals surface area contributed by atoms with Gasteiger partial charge in [-0.05, 0) is 42.5 Å². The van der Waals surface area contributed by atoms with E-state index in [4.69, 9.17) is 11.6 Å². The van der Waals surface area contributed by atoms with Crippen molar-refractivity contribution in [1.82, 2.24) is 4.98 Å². The minimum absolute atomic E-state index is 0.0249. The zero-order valence-electron chi connectivity index (χ0n) is 12.6. The first-order valence-corrected chi connectivity index (χ1v) is 8.36. The van der Waals surface area contributed by atoms with Crippen molar-refractivity contribution in [3.8, 4) is 0 Å². The van der Waals surface area contributed by atoms with Crippen molar-refractivity contribution in [2.45, 2.75) is 0 Å². The maximum Gasteiger partial charge on any atom is 0.257 e. The number of nitrogens with one attached hydrogen (secondary N) is 2. The highest BCUT2D eigenvalue weighted by atomic mass is 35.5. The van der Waals surface area contributed by atoms with Crippen molar-refractivity contribution in [3.05, 3.63) is 76.0 Å². The van der Waals surface area contributed by atoms with Gasteiger partial charge in [0.05, 0.1) is 10.6 Å². The summed E-state index contributed by atoms with van der Waals surface area (Å²) in [7, 11) is 0. The standard InChI is InChI=1S/C17H11ClFN3O2S/c18-14-9-11(19)3-6-13(14)16(24)21-12-4-1-10(2-5-12)15(23)22-17-20-7-8-25-17/h1-9H,(H,21,24)(H,20,22,23). The SMILES string of the molecule is O=C(Nc1nccs1)c1ccc(NC(=O)c2ccc(F)cc2Cl)cc1. The molecule has 2 amide bonds. The van der Waals surface area contributed by atoms with Crippen LogP contribution in [0, 0.1) is 5.82 Å². The molecule has 0 saturated carbocycles. The predicted molar refractivity (Wildman–Crippen MR) is 95.9 cm³/mol. The average molecular weight is 376 g/mol. The van der Waals surface area contributed by atoms with Crippen LogP contribution < -0.4 is 10.6 Å². The normalized spacial score (nSPS) is 10.3. The van der Waals surface area contributed by atoms with E-state index in [2.05, 4.69) is 15.6 Å². The summed E-state index contributed by atoms with van der Waals surface area (Å²) in [6.07, 6.45) is 1.60. The van der Waals surface area contributed by atoms with E-state index in [-0.39, 0.29) is 16.5 Å². The first kappa shape index (κ1) is 17.1. The lowest BCUT2D eigenvalue weighted by molar-refractivity contribution is 0.102. The number of rotatable bonds is 4. The summed E-state index contributed by atoms with van der Waals surface area (Å²) in [4.78, 5) is 28.2. The van der Waals surface area contributed by atoms with E-state index in [1.54, 1.807) is 35.8 Å². The molecule has 5 nitrogen and oxygen atoms in total. The second kappa shape index (κ2) is 7.42. The van der Waals surface area contributed by atoms with E-state index < -0.39 is 11.7 Å². The van der Waals surface area contributed by atoms with Crippen LogP contribution in [0.15, 0.2) is 54.0 Å². The van der Waals surface area contributed by atoms with Gasteiger partial charge in [-0.1, -0.05) is 11.6 Å². The maximum absolute atomic E-state index is 13.0. The summed E-state index contributed by atoms with van der Waals surface area (Å²) in [6, 6.07) is 9.87. The van der Waals surface area contributed by atoms with Gasteiger partial charge in [-0.15, -0.1) is 11.3 Å². The maximum atomic E-state index is 13.0. The Morgan fingerprint density at radius 3 is 2.44 bits per heavy atom. The van der Waals surface area contributed by atoms with Gasteiger partial charge in [0.25, 0.3) is 11.8 Å². The van der Waals surface area contributed by atoms with Gasteiger partial charge in [-0.25, -0.2) is 9.37 Å². The quantitative estimate of drug-likeness (QED) is 0.708. The molecular weight excluding hydrogens is 365 g/mol. The Labute approximate surface area is 151 Å². The lowest BCUT2D eigenvalue weighted by Gasteiger charge is -2.08. The highest BCUT2D eigenvalue weighted by Gasteiger charge is 2.12. The molecule has 0 aliphatic rings. The number of hydrogen-bond donors (Lipinski definition) is 2. The van der Waals surface area contributed by atoms with E-state index in [1.165, 1.54) is 17.4 Å². The van der Waals surface area contributed by atoms with Gasteiger partial charge in [0.1, 0.15) is 5.82 Å². The number of carbonyl (C=O) groups is 2. The Balaban J connectivity index is 1.68. The van der Waals surface area contributed by atoms with Crippen molar-refractivity contribution in [2.24, 2.45) is 0 Å². The molecule has 0 saturated heterocycles. The van der Waals surface area contributed by atoms with Crippen LogP contribution in [0.4, 0.5) is 15.2 Å². The molecular formula is C17H11ClFN3O2S. The predicted octanol–water partition coefficient (Wildman–Crippen LogP) is 4.44. The molecule has 2 aromatic carbocycles. The summed E-state index contributed by atoms with van der Waals surface area (Å²) in [5.41, 5.74) is 1.07. The number of benzene rings is 2. The molecule has 0 aliphatic heterocycles. The Morgan fingerprint density at radius 1 is 1.04 bits per heavy atom. The van der Waals surface area contributed by atoms with Crippen molar-refractivity contribution >= 4 is 45.6 Å². The minimum atomic E-state index is -0.517. The lowest BCUT2D eigenvalue weighted by atomic mass is 10.1. The topological polar surface area (TPSA) is 71.1 Å². The summed E-state index contributed by atoms with van der Waals surface area (Å²) in [5.74, 6) is -1.28. The van der Waals surface area contributed by atoms with Gasteiger partial charge in [-0.2, -0.15) is 0 Å². The van der Waals surface area contributed by atoms with Gasteiger partial charge in [0.2, 0.25) is 0 Å². The van der Waals surface area contributed by atoms with Crippen LogP contribution >= 0.6 is 22.9 Å². The number of carbonyl (C=O) groups excluding carboxylic acids is 2. The molecule has 126 valence electrons. The van der Waals surface area contributed by atoms with Gasteiger partial charge >= 0.3 is 0 Å². The molecule has 3 rings (SSSR count). The van der Waals surface area contributed by atoms with Crippen LogP contribution in [0.2, 0.25) is 5.02 Å². The molecule has 0 atom stereocenters. The van der Waals surface area contributed by atoms with Gasteiger partial charge in [-0.3, -0.25) is 14.9 Å².